The topological polar surface area (TPSA) is 69.9 Å². The quantitative estimate of drug-likeness (QED) is 0.493. The maximum Gasteiger partial charge on any atom is 0.117 e. The summed E-state index contributed by atoms with van der Waals surface area (Å²) >= 11 is 6.05. The van der Waals surface area contributed by atoms with Gasteiger partial charge in [-0.05, 0) is 41.3 Å². The Kier molecular flexibility index (Phi) is 9.29. The average molecular weight is 403 g/mol. The molecule has 0 radical (unpaired) electrons. The first-order valence-corrected chi connectivity index (χ1v) is 9.76. The minimum atomic E-state index is -0.780. The van der Waals surface area contributed by atoms with Gasteiger partial charge in [-0.2, -0.15) is 0 Å². The van der Waals surface area contributed by atoms with Crippen LogP contribution in [0.5, 0.6) is 5.75 Å². The lowest BCUT2D eigenvalue weighted by Crippen LogP contribution is -2.15. The Morgan fingerprint density at radius 1 is 1.18 bits per heavy atom. The summed E-state index contributed by atoms with van der Waals surface area (Å²) in [5, 5.41) is 30.2. The largest absolute Gasteiger partial charge is 0.508 e. The fraction of sp³-hybridized carbons (Fsp3) is 0.348. The van der Waals surface area contributed by atoms with E-state index in [4.69, 9.17) is 16.3 Å². The van der Waals surface area contributed by atoms with E-state index < -0.39 is 12.2 Å². The summed E-state index contributed by atoms with van der Waals surface area (Å²) in [4.78, 5) is 0. The summed E-state index contributed by atoms with van der Waals surface area (Å²) in [7, 11) is 0. The summed E-state index contributed by atoms with van der Waals surface area (Å²) < 4.78 is 5.57. The molecule has 150 valence electrons. The third-order valence-electron chi connectivity index (χ3n) is 4.32. The van der Waals surface area contributed by atoms with Gasteiger partial charge in [0.25, 0.3) is 0 Å². The molecule has 3 N–H and O–H groups in total. The lowest BCUT2D eigenvalue weighted by Gasteiger charge is -2.12. The molecule has 0 saturated heterocycles. The van der Waals surface area contributed by atoms with E-state index in [2.05, 4.69) is 5.73 Å². The lowest BCUT2D eigenvalue weighted by molar-refractivity contribution is 0.0286. The summed E-state index contributed by atoms with van der Waals surface area (Å²) in [6.45, 7) is 2.73. The zero-order valence-corrected chi connectivity index (χ0v) is 16.8. The number of ether oxygens (including phenoxy) is 1. The molecular weight excluding hydrogens is 376 g/mol. The minimum Gasteiger partial charge on any atom is -0.508 e. The number of benzene rings is 2. The van der Waals surface area contributed by atoms with E-state index in [1.165, 1.54) is 12.1 Å². The smallest absolute Gasteiger partial charge is 0.117 e. The molecule has 2 atom stereocenters. The van der Waals surface area contributed by atoms with Crippen LogP contribution in [0.25, 0.3) is 0 Å². The Labute approximate surface area is 171 Å². The second-order valence-electron chi connectivity index (χ2n) is 6.62. The van der Waals surface area contributed by atoms with Gasteiger partial charge >= 0.3 is 0 Å². The fourth-order valence-electron chi connectivity index (χ4n) is 2.76. The highest BCUT2D eigenvalue weighted by molar-refractivity contribution is 6.31. The number of hydrogen-bond acceptors (Lipinski definition) is 4. The predicted molar refractivity (Wildman–Crippen MR) is 111 cm³/mol. The number of phenolic OH excluding ortho intramolecular Hbond substituents is 1. The molecule has 0 aliphatic carbocycles. The molecule has 0 spiro atoms. The maximum absolute atomic E-state index is 10.3. The van der Waals surface area contributed by atoms with Crippen LogP contribution in [-0.2, 0) is 11.3 Å². The molecule has 0 fully saturated rings. The normalized spacial score (nSPS) is 12.9. The number of hydrogen-bond donors (Lipinski definition) is 3. The van der Waals surface area contributed by atoms with E-state index in [0.29, 0.717) is 30.0 Å². The zero-order chi connectivity index (χ0) is 20.4. The number of rotatable bonds is 10. The van der Waals surface area contributed by atoms with Crippen LogP contribution in [0, 0.1) is 0 Å². The highest BCUT2D eigenvalue weighted by Crippen LogP contribution is 2.28. The Hall–Kier alpha value is -2.07. The summed E-state index contributed by atoms with van der Waals surface area (Å²) in [5.74, 6) is 0.0631. The zero-order valence-electron chi connectivity index (χ0n) is 16.0. The van der Waals surface area contributed by atoms with Crippen molar-refractivity contribution in [2.75, 3.05) is 6.61 Å². The summed E-state index contributed by atoms with van der Waals surface area (Å²) in [5.41, 5.74) is 5.75. The van der Waals surface area contributed by atoms with Crippen LogP contribution in [-0.4, -0.2) is 28.0 Å². The Morgan fingerprint density at radius 3 is 2.61 bits per heavy atom. The molecule has 5 heteroatoms. The minimum absolute atomic E-state index is 0.0631. The van der Waals surface area contributed by atoms with Crippen molar-refractivity contribution in [3.8, 4) is 5.75 Å². The first-order chi connectivity index (χ1) is 13.5. The number of aliphatic hydroxyl groups excluding tert-OH is 2. The number of aliphatic hydroxyl groups is 2. The van der Waals surface area contributed by atoms with Gasteiger partial charge < -0.3 is 20.1 Å². The van der Waals surface area contributed by atoms with Crippen LogP contribution in [0.4, 0.5) is 0 Å². The van der Waals surface area contributed by atoms with Gasteiger partial charge in [0.05, 0.1) is 30.4 Å². The Balaban J connectivity index is 1.84. The molecule has 28 heavy (non-hydrogen) atoms. The van der Waals surface area contributed by atoms with Crippen molar-refractivity contribution in [1.29, 1.82) is 0 Å². The highest BCUT2D eigenvalue weighted by atomic mass is 35.5. The summed E-state index contributed by atoms with van der Waals surface area (Å²) in [6, 6.07) is 14.3. The van der Waals surface area contributed by atoms with Gasteiger partial charge in [-0.25, -0.2) is 0 Å². The molecule has 0 bridgehead atoms. The molecule has 4 nitrogen and oxygen atoms in total. The van der Waals surface area contributed by atoms with Crippen molar-refractivity contribution >= 4 is 11.6 Å². The van der Waals surface area contributed by atoms with E-state index in [1.807, 2.05) is 37.3 Å². The molecule has 0 saturated carbocycles. The molecule has 0 aromatic heterocycles. The molecule has 0 heterocycles. The van der Waals surface area contributed by atoms with Gasteiger partial charge in [0, 0.05) is 12.8 Å². The van der Waals surface area contributed by atoms with Crippen molar-refractivity contribution in [3.63, 3.8) is 0 Å². The van der Waals surface area contributed by atoms with Crippen LogP contribution in [0.2, 0.25) is 5.02 Å². The number of phenols is 1. The number of halogens is 1. The molecule has 2 rings (SSSR count). The first-order valence-electron chi connectivity index (χ1n) is 9.38. The van der Waals surface area contributed by atoms with Crippen LogP contribution in [0.15, 0.2) is 65.9 Å². The first kappa shape index (κ1) is 22.2. The third kappa shape index (κ3) is 7.51. The van der Waals surface area contributed by atoms with E-state index in [0.717, 1.165) is 17.6 Å². The second-order valence-corrected chi connectivity index (χ2v) is 7.03. The van der Waals surface area contributed by atoms with Gasteiger partial charge in [-0.1, -0.05) is 54.9 Å². The lowest BCUT2D eigenvalue weighted by atomic mass is 10.0. The molecule has 0 aliphatic rings. The molecule has 2 aromatic rings. The molecule has 0 aliphatic heterocycles. The van der Waals surface area contributed by atoms with Crippen molar-refractivity contribution in [3.05, 3.63) is 82.1 Å². The molecular formula is C23H27ClO4. The van der Waals surface area contributed by atoms with Crippen LogP contribution in [0.1, 0.15) is 43.4 Å². The Bertz CT molecular complexity index is 798. The second kappa shape index (κ2) is 11.7. The summed E-state index contributed by atoms with van der Waals surface area (Å²) in [6.07, 6.45) is 1.94. The average Bonchev–Trinajstić information content (AvgIpc) is 2.67. The van der Waals surface area contributed by atoms with E-state index in [9.17, 15) is 15.3 Å². The molecule has 0 amide bonds. The van der Waals surface area contributed by atoms with E-state index in [1.54, 1.807) is 12.1 Å². The highest BCUT2D eigenvalue weighted by Gasteiger charge is 2.11. The molecule has 0 unspecified atom stereocenters. The van der Waals surface area contributed by atoms with E-state index >= 15 is 0 Å². The third-order valence-corrected chi connectivity index (χ3v) is 4.65. The van der Waals surface area contributed by atoms with Crippen molar-refractivity contribution in [1.82, 2.24) is 0 Å². The van der Waals surface area contributed by atoms with Crippen LogP contribution >= 0.6 is 11.6 Å². The Morgan fingerprint density at radius 2 is 1.93 bits per heavy atom. The van der Waals surface area contributed by atoms with Crippen molar-refractivity contribution in [2.45, 2.75) is 45.0 Å². The predicted octanol–water partition coefficient (Wildman–Crippen LogP) is 4.93. The SMILES string of the molecule is CCC(=C=CC[C@@H](O)c1ccc(O)cc1Cl)C[C@@H](O)COCc1ccccc1. The molecule has 2 aromatic carbocycles. The van der Waals surface area contributed by atoms with Gasteiger partial charge in [-0.15, -0.1) is 5.73 Å². The number of aromatic hydroxyl groups is 1. The van der Waals surface area contributed by atoms with E-state index in [-0.39, 0.29) is 12.4 Å². The van der Waals surface area contributed by atoms with Gasteiger partial charge in [0.1, 0.15) is 5.75 Å². The van der Waals surface area contributed by atoms with Crippen molar-refractivity contribution in [2.24, 2.45) is 0 Å². The van der Waals surface area contributed by atoms with Crippen LogP contribution < -0.4 is 0 Å². The maximum atomic E-state index is 10.3. The van der Waals surface area contributed by atoms with Gasteiger partial charge in [0.15, 0.2) is 0 Å². The fourth-order valence-corrected chi connectivity index (χ4v) is 3.06. The monoisotopic (exact) mass is 402 g/mol. The standard InChI is InChI=1S/C23H27ClO4/c1-2-17(13-20(26)16-28-15-18-7-4-3-5-8-18)9-6-10-23(27)21-12-11-19(25)14-22(21)24/h3-8,11-12,14,20,23,25-27H,2,10,13,15-16H2,1H3/t9?,20-,23-/m1/s1. The van der Waals surface area contributed by atoms with Gasteiger partial charge in [-0.3, -0.25) is 0 Å². The van der Waals surface area contributed by atoms with Crippen LogP contribution in [0.3, 0.4) is 0 Å². The van der Waals surface area contributed by atoms with Gasteiger partial charge in [0.2, 0.25) is 0 Å². The van der Waals surface area contributed by atoms with Crippen molar-refractivity contribution < 1.29 is 20.1 Å².